The first kappa shape index (κ1) is 17.8. The molecule has 0 saturated carbocycles. The molecule has 1 atom stereocenters. The second kappa shape index (κ2) is 6.09. The maximum absolute atomic E-state index is 14.9. The molecule has 0 radical (unpaired) electrons. The Morgan fingerprint density at radius 2 is 1.79 bits per heavy atom. The fourth-order valence-corrected chi connectivity index (χ4v) is 4.38. The van der Waals surface area contributed by atoms with Crippen molar-refractivity contribution in [2.45, 2.75) is 6.04 Å². The monoisotopic (exact) mass is 410 g/mol. The number of para-hydroxylation sites is 2. The summed E-state index contributed by atoms with van der Waals surface area (Å²) >= 11 is 6.38. The number of hydrogen-bond donors (Lipinski definition) is 1. The molecule has 1 unspecified atom stereocenters. The Labute approximate surface area is 169 Å². The van der Waals surface area contributed by atoms with Crippen molar-refractivity contribution in [2.75, 3.05) is 5.32 Å². The van der Waals surface area contributed by atoms with Gasteiger partial charge < -0.3 is 9.88 Å². The van der Waals surface area contributed by atoms with E-state index in [4.69, 9.17) is 11.6 Å². The standard InChI is InChI=1S/C21H16ClFN4O2/c1-25-18-11(20(28)26(2)21(25)29)10-27-15-9-4-3-8-14(15)24-17(19(18)27)16-12(22)6-5-7-13(16)23/h3-10,17,24H,1-2H3. The van der Waals surface area contributed by atoms with Crippen molar-refractivity contribution in [1.82, 2.24) is 13.7 Å². The van der Waals surface area contributed by atoms with Crippen LogP contribution in [0.2, 0.25) is 5.02 Å². The molecule has 1 aliphatic heterocycles. The summed E-state index contributed by atoms with van der Waals surface area (Å²) in [5, 5.41) is 3.98. The molecule has 0 bridgehead atoms. The summed E-state index contributed by atoms with van der Waals surface area (Å²) in [4.78, 5) is 25.4. The van der Waals surface area contributed by atoms with Gasteiger partial charge in [0.25, 0.3) is 5.56 Å². The van der Waals surface area contributed by atoms with Gasteiger partial charge in [-0.2, -0.15) is 0 Å². The molecule has 1 aliphatic rings. The van der Waals surface area contributed by atoms with Gasteiger partial charge >= 0.3 is 5.69 Å². The van der Waals surface area contributed by atoms with Gasteiger partial charge in [0.1, 0.15) is 5.82 Å². The molecule has 3 heterocycles. The molecule has 6 nitrogen and oxygen atoms in total. The Bertz CT molecular complexity index is 1410. The van der Waals surface area contributed by atoms with Crippen molar-refractivity contribution < 1.29 is 4.39 Å². The molecule has 4 aromatic rings. The first-order valence-electron chi connectivity index (χ1n) is 9.01. The highest BCUT2D eigenvalue weighted by molar-refractivity contribution is 6.31. The predicted octanol–water partition coefficient (Wildman–Crippen LogP) is 3.34. The van der Waals surface area contributed by atoms with Crippen molar-refractivity contribution in [3.63, 3.8) is 0 Å². The molecule has 0 fully saturated rings. The van der Waals surface area contributed by atoms with E-state index in [1.54, 1.807) is 25.4 Å². The molecule has 0 aliphatic carbocycles. The number of fused-ring (bicyclic) bond motifs is 5. The second-order valence-electron chi connectivity index (χ2n) is 7.08. The summed E-state index contributed by atoms with van der Waals surface area (Å²) in [6, 6.07) is 11.3. The Hall–Kier alpha value is -3.32. The number of aryl methyl sites for hydroxylation is 1. The van der Waals surface area contributed by atoms with E-state index >= 15 is 0 Å². The van der Waals surface area contributed by atoms with Gasteiger partial charge in [0.05, 0.1) is 34.0 Å². The summed E-state index contributed by atoms with van der Waals surface area (Å²) in [6.45, 7) is 0. The smallest absolute Gasteiger partial charge is 0.331 e. The minimum Gasteiger partial charge on any atom is -0.371 e. The number of nitrogens with one attached hydrogen (secondary N) is 1. The van der Waals surface area contributed by atoms with Gasteiger partial charge in [-0.15, -0.1) is 0 Å². The Morgan fingerprint density at radius 3 is 2.55 bits per heavy atom. The van der Waals surface area contributed by atoms with Crippen LogP contribution in [0.4, 0.5) is 10.1 Å². The molecular formula is C21H16ClFN4O2. The number of rotatable bonds is 1. The van der Waals surface area contributed by atoms with E-state index in [2.05, 4.69) is 5.32 Å². The lowest BCUT2D eigenvalue weighted by Gasteiger charge is -2.30. The predicted molar refractivity (Wildman–Crippen MR) is 111 cm³/mol. The van der Waals surface area contributed by atoms with Crippen molar-refractivity contribution >= 4 is 28.2 Å². The third-order valence-electron chi connectivity index (χ3n) is 5.49. The van der Waals surface area contributed by atoms with Crippen LogP contribution in [0.1, 0.15) is 17.3 Å². The molecule has 0 spiro atoms. The third-order valence-corrected chi connectivity index (χ3v) is 5.81. The Morgan fingerprint density at radius 1 is 1.03 bits per heavy atom. The van der Waals surface area contributed by atoms with Crippen molar-refractivity contribution in [3.8, 4) is 5.69 Å². The maximum atomic E-state index is 14.9. The van der Waals surface area contributed by atoms with Crippen LogP contribution in [0.15, 0.2) is 58.3 Å². The minimum atomic E-state index is -0.686. The highest BCUT2D eigenvalue weighted by Crippen LogP contribution is 2.42. The van der Waals surface area contributed by atoms with E-state index in [-0.39, 0.29) is 10.6 Å². The van der Waals surface area contributed by atoms with Crippen LogP contribution in [-0.4, -0.2) is 13.7 Å². The summed E-state index contributed by atoms with van der Waals surface area (Å²) < 4.78 is 19.2. The molecule has 0 saturated heterocycles. The van der Waals surface area contributed by atoms with Gasteiger partial charge in [0.15, 0.2) is 0 Å². The molecule has 1 N–H and O–H groups in total. The highest BCUT2D eigenvalue weighted by Gasteiger charge is 2.33. The topological polar surface area (TPSA) is 61.0 Å². The highest BCUT2D eigenvalue weighted by atomic mass is 35.5. The SMILES string of the molecule is Cn1c(=O)c2cn3c(c2n(C)c1=O)C(c1c(F)cccc1Cl)Nc1ccccc1-3. The molecular weight excluding hydrogens is 395 g/mol. The second-order valence-corrected chi connectivity index (χ2v) is 7.49. The maximum Gasteiger partial charge on any atom is 0.331 e. The average Bonchev–Trinajstić information content (AvgIpc) is 3.12. The zero-order chi connectivity index (χ0) is 20.4. The third kappa shape index (κ3) is 2.34. The zero-order valence-electron chi connectivity index (χ0n) is 15.6. The lowest BCUT2D eigenvalue weighted by Crippen LogP contribution is -2.37. The summed E-state index contributed by atoms with van der Waals surface area (Å²) in [6.07, 6.45) is 1.70. The quantitative estimate of drug-likeness (QED) is 0.523. The zero-order valence-corrected chi connectivity index (χ0v) is 16.4. The number of halogens is 2. The molecule has 5 rings (SSSR count). The van der Waals surface area contributed by atoms with E-state index in [1.165, 1.54) is 17.7 Å². The van der Waals surface area contributed by atoms with Gasteiger partial charge in [-0.25, -0.2) is 9.18 Å². The number of nitrogens with zero attached hydrogens (tertiary/aromatic N) is 3. The molecule has 0 amide bonds. The largest absolute Gasteiger partial charge is 0.371 e. The fourth-order valence-electron chi connectivity index (χ4n) is 4.11. The van der Waals surface area contributed by atoms with E-state index in [1.807, 2.05) is 28.8 Å². The minimum absolute atomic E-state index is 0.261. The van der Waals surface area contributed by atoms with Gasteiger partial charge in [-0.3, -0.25) is 13.9 Å². The molecule has 2 aromatic heterocycles. The molecule has 29 heavy (non-hydrogen) atoms. The van der Waals surface area contributed by atoms with Crippen molar-refractivity contribution in [1.29, 1.82) is 0 Å². The number of hydrogen-bond acceptors (Lipinski definition) is 3. The van der Waals surface area contributed by atoms with E-state index in [9.17, 15) is 14.0 Å². The first-order chi connectivity index (χ1) is 13.9. The Balaban J connectivity index is 1.98. The van der Waals surface area contributed by atoms with Crippen LogP contribution in [0.5, 0.6) is 0 Å². The van der Waals surface area contributed by atoms with E-state index in [0.717, 1.165) is 15.9 Å². The summed E-state index contributed by atoms with van der Waals surface area (Å²) in [7, 11) is 3.05. The van der Waals surface area contributed by atoms with Crippen LogP contribution >= 0.6 is 11.6 Å². The first-order valence-corrected chi connectivity index (χ1v) is 9.38. The number of anilines is 1. The number of aromatic nitrogens is 3. The van der Waals surface area contributed by atoms with Crippen LogP contribution in [0.25, 0.3) is 16.6 Å². The van der Waals surface area contributed by atoms with E-state index < -0.39 is 23.1 Å². The molecule has 146 valence electrons. The average molecular weight is 411 g/mol. The van der Waals surface area contributed by atoms with Gasteiger partial charge in [0, 0.05) is 30.9 Å². The lowest BCUT2D eigenvalue weighted by atomic mass is 9.99. The van der Waals surface area contributed by atoms with Crippen LogP contribution in [0, 0.1) is 5.82 Å². The van der Waals surface area contributed by atoms with Crippen LogP contribution in [-0.2, 0) is 14.1 Å². The van der Waals surface area contributed by atoms with Gasteiger partial charge in [-0.05, 0) is 24.3 Å². The summed E-state index contributed by atoms with van der Waals surface area (Å²) in [5.74, 6) is -0.468. The van der Waals surface area contributed by atoms with Crippen LogP contribution < -0.4 is 16.6 Å². The van der Waals surface area contributed by atoms with Crippen molar-refractivity contribution in [3.05, 3.63) is 91.6 Å². The fraction of sp³-hybridized carbons (Fsp3) is 0.143. The Kier molecular flexibility index (Phi) is 3.73. The van der Waals surface area contributed by atoms with Gasteiger partial charge in [-0.1, -0.05) is 29.8 Å². The molecule has 8 heteroatoms. The lowest BCUT2D eigenvalue weighted by molar-refractivity contribution is 0.599. The van der Waals surface area contributed by atoms with Crippen LogP contribution in [0.3, 0.4) is 0 Å². The van der Waals surface area contributed by atoms with E-state index in [0.29, 0.717) is 16.6 Å². The van der Waals surface area contributed by atoms with Gasteiger partial charge in [0.2, 0.25) is 0 Å². The summed E-state index contributed by atoms with van der Waals surface area (Å²) in [5.41, 5.74) is 2.02. The number of benzene rings is 2. The normalized spacial score (nSPS) is 15.1. The van der Waals surface area contributed by atoms with Crippen molar-refractivity contribution in [2.24, 2.45) is 14.1 Å². The molecule has 2 aromatic carbocycles.